The van der Waals surface area contributed by atoms with E-state index in [1.54, 1.807) is 18.2 Å². The van der Waals surface area contributed by atoms with Gasteiger partial charge in [0.15, 0.2) is 5.82 Å². The number of nitrogens with two attached hydrogens (primary N) is 1. The minimum atomic E-state index is -0.447. The highest BCUT2D eigenvalue weighted by molar-refractivity contribution is 5.66. The lowest BCUT2D eigenvalue weighted by molar-refractivity contribution is 0.612. The number of nitrogen functional groups attached to an aromatic ring is 1. The Kier molecular flexibility index (Phi) is 3.38. The lowest BCUT2D eigenvalue weighted by atomic mass is 10.3. The molecule has 3 N–H and O–H groups in total. The first-order valence-electron chi connectivity index (χ1n) is 5.84. The number of aromatic nitrogens is 2. The molecular formula is C13H14FN5. The number of nitrogens with zero attached hydrogens (tertiary/aromatic N) is 3. The largest absolute Gasteiger partial charge is 0.382 e. The third-order valence-corrected chi connectivity index (χ3v) is 2.54. The molecule has 0 radical (unpaired) electrons. The molecule has 0 saturated heterocycles. The van der Waals surface area contributed by atoms with E-state index < -0.39 is 5.82 Å². The van der Waals surface area contributed by atoms with Gasteiger partial charge in [0.05, 0.1) is 0 Å². The Labute approximate surface area is 110 Å². The van der Waals surface area contributed by atoms with Crippen molar-refractivity contribution < 1.29 is 4.39 Å². The van der Waals surface area contributed by atoms with Crippen molar-refractivity contribution >= 4 is 11.6 Å². The lowest BCUT2D eigenvalue weighted by Crippen LogP contribution is -2.11. The lowest BCUT2D eigenvalue weighted by Gasteiger charge is -2.06. The Morgan fingerprint density at radius 2 is 2.11 bits per heavy atom. The molecule has 2 rings (SSSR count). The number of rotatable bonds is 3. The summed E-state index contributed by atoms with van der Waals surface area (Å²) < 4.78 is 15.0. The Hall–Kier alpha value is -2.55. The summed E-state index contributed by atoms with van der Waals surface area (Å²) in [6.45, 7) is 3.83. The summed E-state index contributed by atoms with van der Waals surface area (Å²) in [5, 5.41) is 16.3. The van der Waals surface area contributed by atoms with Crippen LogP contribution < -0.4 is 11.1 Å². The molecule has 0 amide bonds. The van der Waals surface area contributed by atoms with Crippen LogP contribution in [0.2, 0.25) is 0 Å². The van der Waals surface area contributed by atoms with Crippen molar-refractivity contribution in [1.29, 1.82) is 5.26 Å². The molecule has 1 aromatic carbocycles. The van der Waals surface area contributed by atoms with E-state index in [2.05, 4.69) is 10.4 Å². The second-order valence-corrected chi connectivity index (χ2v) is 4.38. The molecule has 0 bridgehead atoms. The molecule has 2 aromatic rings. The van der Waals surface area contributed by atoms with E-state index in [4.69, 9.17) is 11.0 Å². The standard InChI is InChI=1S/C13H14FN5/c1-8(2)17-13-9(7-15)12(16)19(18-13)11-6-4-3-5-10(11)14/h3-6,8H,16H2,1-2H3,(H,17,18). The third-order valence-electron chi connectivity index (χ3n) is 2.54. The van der Waals surface area contributed by atoms with Crippen LogP contribution >= 0.6 is 0 Å². The van der Waals surface area contributed by atoms with Crippen molar-refractivity contribution in [3.63, 3.8) is 0 Å². The topological polar surface area (TPSA) is 79.7 Å². The van der Waals surface area contributed by atoms with Gasteiger partial charge in [-0.15, -0.1) is 5.10 Å². The first-order chi connectivity index (χ1) is 9.04. The van der Waals surface area contributed by atoms with Gasteiger partial charge in [0, 0.05) is 6.04 Å². The molecule has 0 atom stereocenters. The number of halogens is 1. The van der Waals surface area contributed by atoms with Gasteiger partial charge in [-0.2, -0.15) is 5.26 Å². The van der Waals surface area contributed by atoms with Crippen LogP contribution in [0.4, 0.5) is 16.0 Å². The maximum absolute atomic E-state index is 13.7. The van der Waals surface area contributed by atoms with Gasteiger partial charge in [-0.1, -0.05) is 12.1 Å². The Morgan fingerprint density at radius 1 is 1.42 bits per heavy atom. The summed E-state index contributed by atoms with van der Waals surface area (Å²) in [7, 11) is 0. The molecule has 6 heteroatoms. The van der Waals surface area contributed by atoms with Gasteiger partial charge in [-0.25, -0.2) is 9.07 Å². The van der Waals surface area contributed by atoms with E-state index >= 15 is 0 Å². The molecular weight excluding hydrogens is 245 g/mol. The predicted molar refractivity (Wildman–Crippen MR) is 71.4 cm³/mol. The van der Waals surface area contributed by atoms with Crippen molar-refractivity contribution in [2.75, 3.05) is 11.1 Å². The van der Waals surface area contributed by atoms with Crippen LogP contribution in [0.3, 0.4) is 0 Å². The smallest absolute Gasteiger partial charge is 0.168 e. The molecule has 1 aromatic heterocycles. The van der Waals surface area contributed by atoms with Crippen LogP contribution in [0.15, 0.2) is 24.3 Å². The Balaban J connectivity index is 2.57. The van der Waals surface area contributed by atoms with Crippen molar-refractivity contribution in [3.05, 3.63) is 35.6 Å². The van der Waals surface area contributed by atoms with Crippen LogP contribution in [0.1, 0.15) is 19.4 Å². The fourth-order valence-corrected chi connectivity index (χ4v) is 1.72. The van der Waals surface area contributed by atoms with E-state index in [-0.39, 0.29) is 23.1 Å². The van der Waals surface area contributed by atoms with E-state index in [0.717, 1.165) is 0 Å². The van der Waals surface area contributed by atoms with E-state index in [1.807, 2.05) is 19.9 Å². The molecule has 0 unspecified atom stereocenters. The summed E-state index contributed by atoms with van der Waals surface area (Å²) in [6.07, 6.45) is 0. The summed E-state index contributed by atoms with van der Waals surface area (Å²) >= 11 is 0. The first-order valence-corrected chi connectivity index (χ1v) is 5.84. The monoisotopic (exact) mass is 259 g/mol. The molecule has 5 nitrogen and oxygen atoms in total. The zero-order valence-electron chi connectivity index (χ0n) is 10.7. The number of anilines is 2. The van der Waals surface area contributed by atoms with E-state index in [0.29, 0.717) is 5.82 Å². The highest BCUT2D eigenvalue weighted by Gasteiger charge is 2.18. The number of nitrogens with one attached hydrogen (secondary N) is 1. The van der Waals surface area contributed by atoms with E-state index in [9.17, 15) is 4.39 Å². The molecule has 0 fully saturated rings. The maximum Gasteiger partial charge on any atom is 0.168 e. The average Bonchev–Trinajstić information content (AvgIpc) is 2.65. The molecule has 0 spiro atoms. The second-order valence-electron chi connectivity index (χ2n) is 4.38. The SMILES string of the molecule is CC(C)Nc1nn(-c2ccccc2F)c(N)c1C#N. The van der Waals surface area contributed by atoms with Gasteiger partial charge in [-0.3, -0.25) is 0 Å². The number of benzene rings is 1. The molecule has 0 saturated carbocycles. The molecule has 0 aliphatic carbocycles. The van der Waals surface area contributed by atoms with Gasteiger partial charge < -0.3 is 11.1 Å². The zero-order chi connectivity index (χ0) is 14.0. The van der Waals surface area contributed by atoms with E-state index in [1.165, 1.54) is 10.7 Å². The third kappa shape index (κ3) is 2.36. The molecule has 0 aliphatic heterocycles. The Morgan fingerprint density at radius 3 is 2.68 bits per heavy atom. The predicted octanol–water partition coefficient (Wildman–Crippen LogP) is 2.29. The van der Waals surface area contributed by atoms with Gasteiger partial charge in [-0.05, 0) is 26.0 Å². The fraction of sp³-hybridized carbons (Fsp3) is 0.231. The minimum Gasteiger partial charge on any atom is -0.382 e. The van der Waals surface area contributed by atoms with Crippen LogP contribution in [-0.2, 0) is 0 Å². The van der Waals surface area contributed by atoms with Gasteiger partial charge in [0.25, 0.3) is 0 Å². The van der Waals surface area contributed by atoms with Gasteiger partial charge >= 0.3 is 0 Å². The quantitative estimate of drug-likeness (QED) is 0.886. The normalized spacial score (nSPS) is 10.5. The van der Waals surface area contributed by atoms with Crippen LogP contribution in [0, 0.1) is 17.1 Å². The summed E-state index contributed by atoms with van der Waals surface area (Å²) in [6, 6.07) is 8.21. The summed E-state index contributed by atoms with van der Waals surface area (Å²) in [5.41, 5.74) is 6.30. The molecule has 1 heterocycles. The summed E-state index contributed by atoms with van der Waals surface area (Å²) in [4.78, 5) is 0. The number of nitriles is 1. The van der Waals surface area contributed by atoms with Gasteiger partial charge in [0.2, 0.25) is 0 Å². The number of para-hydroxylation sites is 1. The second kappa shape index (κ2) is 4.98. The summed E-state index contributed by atoms with van der Waals surface area (Å²) in [5.74, 6) is 0.0336. The Bertz CT molecular complexity index is 639. The molecule has 0 aliphatic rings. The molecule has 98 valence electrons. The number of hydrogen-bond donors (Lipinski definition) is 2. The highest BCUT2D eigenvalue weighted by Crippen LogP contribution is 2.25. The van der Waals surface area contributed by atoms with Crippen molar-refractivity contribution in [2.45, 2.75) is 19.9 Å². The first kappa shape index (κ1) is 12.9. The van der Waals surface area contributed by atoms with Crippen molar-refractivity contribution in [3.8, 4) is 11.8 Å². The van der Waals surface area contributed by atoms with Crippen molar-refractivity contribution in [2.24, 2.45) is 0 Å². The van der Waals surface area contributed by atoms with Gasteiger partial charge in [0.1, 0.15) is 29.0 Å². The van der Waals surface area contributed by atoms with Crippen LogP contribution in [0.25, 0.3) is 5.69 Å². The fourth-order valence-electron chi connectivity index (χ4n) is 1.72. The average molecular weight is 259 g/mol. The minimum absolute atomic E-state index is 0.0930. The maximum atomic E-state index is 13.7. The highest BCUT2D eigenvalue weighted by atomic mass is 19.1. The molecule has 19 heavy (non-hydrogen) atoms. The van der Waals surface area contributed by atoms with Crippen LogP contribution in [0.5, 0.6) is 0 Å². The van der Waals surface area contributed by atoms with Crippen LogP contribution in [-0.4, -0.2) is 15.8 Å². The zero-order valence-corrected chi connectivity index (χ0v) is 10.7. The number of hydrogen-bond acceptors (Lipinski definition) is 4. The van der Waals surface area contributed by atoms with Crippen molar-refractivity contribution in [1.82, 2.24) is 9.78 Å².